The van der Waals surface area contributed by atoms with Crippen molar-refractivity contribution in [2.75, 3.05) is 5.73 Å². The SMILES string of the molecule is CCc1cnnc(N)c1-c1cccnc1. The molecule has 0 amide bonds. The summed E-state index contributed by atoms with van der Waals surface area (Å²) in [4.78, 5) is 4.07. The minimum absolute atomic E-state index is 0.461. The maximum absolute atomic E-state index is 5.83. The molecular formula is C11H12N4. The largest absolute Gasteiger partial charge is 0.382 e. The Morgan fingerprint density at radius 1 is 1.33 bits per heavy atom. The zero-order valence-corrected chi connectivity index (χ0v) is 8.51. The Balaban J connectivity index is 2.61. The summed E-state index contributed by atoms with van der Waals surface area (Å²) in [5, 5.41) is 7.71. The molecule has 0 aliphatic carbocycles. The van der Waals surface area contributed by atoms with Gasteiger partial charge in [-0.05, 0) is 18.1 Å². The first-order chi connectivity index (χ1) is 7.33. The number of nitrogen functional groups attached to an aromatic ring is 1. The second-order valence-electron chi connectivity index (χ2n) is 3.23. The first kappa shape index (κ1) is 9.58. The van der Waals surface area contributed by atoms with Crippen molar-refractivity contribution in [1.82, 2.24) is 15.2 Å². The zero-order chi connectivity index (χ0) is 10.7. The molecule has 0 atom stereocenters. The molecule has 0 unspecified atom stereocenters. The third-order valence-electron chi connectivity index (χ3n) is 2.29. The number of hydrogen-bond donors (Lipinski definition) is 1. The lowest BCUT2D eigenvalue weighted by Crippen LogP contribution is -2.00. The number of nitrogens with zero attached hydrogens (tertiary/aromatic N) is 3. The van der Waals surface area contributed by atoms with Crippen LogP contribution in [0.4, 0.5) is 5.82 Å². The fourth-order valence-electron chi connectivity index (χ4n) is 1.55. The van der Waals surface area contributed by atoms with Crippen LogP contribution in [0.1, 0.15) is 12.5 Å². The van der Waals surface area contributed by atoms with Crippen molar-refractivity contribution in [1.29, 1.82) is 0 Å². The smallest absolute Gasteiger partial charge is 0.154 e. The lowest BCUT2D eigenvalue weighted by molar-refractivity contribution is 0.995. The van der Waals surface area contributed by atoms with Crippen molar-refractivity contribution in [3.8, 4) is 11.1 Å². The molecule has 0 bridgehead atoms. The average Bonchev–Trinajstić information content (AvgIpc) is 2.29. The van der Waals surface area contributed by atoms with Crippen molar-refractivity contribution in [2.24, 2.45) is 0 Å². The Kier molecular flexibility index (Phi) is 2.58. The molecule has 0 radical (unpaired) electrons. The normalized spacial score (nSPS) is 10.2. The molecule has 0 saturated heterocycles. The number of hydrogen-bond acceptors (Lipinski definition) is 4. The van der Waals surface area contributed by atoms with Crippen LogP contribution in [0.25, 0.3) is 11.1 Å². The maximum Gasteiger partial charge on any atom is 0.154 e. The van der Waals surface area contributed by atoms with Crippen LogP contribution in [0.3, 0.4) is 0 Å². The van der Waals surface area contributed by atoms with Gasteiger partial charge in [0, 0.05) is 23.5 Å². The molecule has 4 heteroatoms. The van der Waals surface area contributed by atoms with Gasteiger partial charge in [0.2, 0.25) is 0 Å². The lowest BCUT2D eigenvalue weighted by atomic mass is 10.0. The van der Waals surface area contributed by atoms with Crippen LogP contribution < -0.4 is 5.73 Å². The van der Waals surface area contributed by atoms with E-state index in [4.69, 9.17) is 5.73 Å². The summed E-state index contributed by atoms with van der Waals surface area (Å²) >= 11 is 0. The third-order valence-corrected chi connectivity index (χ3v) is 2.29. The van der Waals surface area contributed by atoms with E-state index in [0.29, 0.717) is 5.82 Å². The maximum atomic E-state index is 5.83. The first-order valence-corrected chi connectivity index (χ1v) is 4.83. The van der Waals surface area contributed by atoms with Gasteiger partial charge in [-0.25, -0.2) is 0 Å². The Morgan fingerprint density at radius 2 is 2.20 bits per heavy atom. The predicted molar refractivity (Wildman–Crippen MR) is 59.1 cm³/mol. The second kappa shape index (κ2) is 4.04. The highest BCUT2D eigenvalue weighted by molar-refractivity contribution is 5.75. The quantitative estimate of drug-likeness (QED) is 0.801. The van der Waals surface area contributed by atoms with Crippen molar-refractivity contribution < 1.29 is 0 Å². The lowest BCUT2D eigenvalue weighted by Gasteiger charge is -2.08. The van der Waals surface area contributed by atoms with E-state index < -0.39 is 0 Å². The monoisotopic (exact) mass is 200 g/mol. The highest BCUT2D eigenvalue weighted by Crippen LogP contribution is 2.26. The van der Waals surface area contributed by atoms with Crippen LogP contribution >= 0.6 is 0 Å². The van der Waals surface area contributed by atoms with Crippen molar-refractivity contribution >= 4 is 5.82 Å². The summed E-state index contributed by atoms with van der Waals surface area (Å²) in [6, 6.07) is 3.86. The predicted octanol–water partition coefficient (Wildman–Crippen LogP) is 1.68. The summed E-state index contributed by atoms with van der Waals surface area (Å²) in [5.74, 6) is 0.461. The second-order valence-corrected chi connectivity index (χ2v) is 3.23. The number of aromatic nitrogens is 3. The van der Waals surface area contributed by atoms with Crippen LogP contribution in [-0.2, 0) is 6.42 Å². The molecule has 0 aliphatic rings. The van der Waals surface area contributed by atoms with E-state index in [9.17, 15) is 0 Å². The first-order valence-electron chi connectivity index (χ1n) is 4.83. The Hall–Kier alpha value is -1.97. The van der Waals surface area contributed by atoms with Crippen LogP contribution in [0.15, 0.2) is 30.7 Å². The number of nitrogens with two attached hydrogens (primary N) is 1. The van der Waals surface area contributed by atoms with E-state index in [1.807, 2.05) is 12.1 Å². The molecule has 0 saturated carbocycles. The summed E-state index contributed by atoms with van der Waals surface area (Å²) in [6.45, 7) is 2.07. The number of aryl methyl sites for hydroxylation is 1. The summed E-state index contributed by atoms with van der Waals surface area (Å²) < 4.78 is 0. The van der Waals surface area contributed by atoms with Crippen molar-refractivity contribution in [2.45, 2.75) is 13.3 Å². The van der Waals surface area contributed by atoms with Gasteiger partial charge in [-0.15, -0.1) is 5.10 Å². The summed E-state index contributed by atoms with van der Waals surface area (Å²) in [6.07, 6.45) is 6.15. The number of anilines is 1. The van der Waals surface area contributed by atoms with E-state index >= 15 is 0 Å². The molecule has 2 aromatic rings. The molecule has 2 rings (SSSR count). The fourth-order valence-corrected chi connectivity index (χ4v) is 1.55. The number of rotatable bonds is 2. The highest BCUT2D eigenvalue weighted by Gasteiger charge is 2.09. The minimum atomic E-state index is 0.461. The van der Waals surface area contributed by atoms with E-state index in [1.165, 1.54) is 0 Å². The molecule has 2 aromatic heterocycles. The molecule has 15 heavy (non-hydrogen) atoms. The molecule has 0 spiro atoms. The molecular weight excluding hydrogens is 188 g/mol. The molecule has 2 heterocycles. The van der Waals surface area contributed by atoms with E-state index in [0.717, 1.165) is 23.1 Å². The average molecular weight is 200 g/mol. The van der Waals surface area contributed by atoms with Crippen LogP contribution in [0.2, 0.25) is 0 Å². The highest BCUT2D eigenvalue weighted by atomic mass is 15.1. The Bertz CT molecular complexity index is 453. The minimum Gasteiger partial charge on any atom is -0.382 e. The summed E-state index contributed by atoms with van der Waals surface area (Å²) in [7, 11) is 0. The molecule has 76 valence electrons. The van der Waals surface area contributed by atoms with Gasteiger partial charge < -0.3 is 5.73 Å². The van der Waals surface area contributed by atoms with Gasteiger partial charge in [0.25, 0.3) is 0 Å². The van der Waals surface area contributed by atoms with Crippen molar-refractivity contribution in [3.05, 3.63) is 36.3 Å². The van der Waals surface area contributed by atoms with E-state index in [1.54, 1.807) is 18.6 Å². The molecule has 2 N–H and O–H groups in total. The topological polar surface area (TPSA) is 64.7 Å². The molecule has 0 fully saturated rings. The van der Waals surface area contributed by atoms with E-state index in [2.05, 4.69) is 22.1 Å². The van der Waals surface area contributed by atoms with Gasteiger partial charge in [0.05, 0.1) is 6.20 Å². The Morgan fingerprint density at radius 3 is 2.87 bits per heavy atom. The van der Waals surface area contributed by atoms with Gasteiger partial charge in [0.1, 0.15) is 0 Å². The van der Waals surface area contributed by atoms with E-state index in [-0.39, 0.29) is 0 Å². The van der Waals surface area contributed by atoms with Crippen molar-refractivity contribution in [3.63, 3.8) is 0 Å². The van der Waals surface area contributed by atoms with Crippen LogP contribution in [0, 0.1) is 0 Å². The standard InChI is InChI=1S/C11H12N4/c1-2-8-7-14-15-11(12)10(8)9-4-3-5-13-6-9/h3-7H,2H2,1H3,(H2,12,15). The molecule has 0 aliphatic heterocycles. The van der Waals surface area contributed by atoms with Gasteiger partial charge in [0.15, 0.2) is 5.82 Å². The van der Waals surface area contributed by atoms with Crippen LogP contribution in [0.5, 0.6) is 0 Å². The third kappa shape index (κ3) is 1.79. The molecule has 0 aromatic carbocycles. The van der Waals surface area contributed by atoms with Crippen LogP contribution in [-0.4, -0.2) is 15.2 Å². The summed E-state index contributed by atoms with van der Waals surface area (Å²) in [5.41, 5.74) is 8.85. The zero-order valence-electron chi connectivity index (χ0n) is 8.51. The number of pyridine rings is 1. The molecule has 4 nitrogen and oxygen atoms in total. The fraction of sp³-hybridized carbons (Fsp3) is 0.182. The van der Waals surface area contributed by atoms with Gasteiger partial charge in [-0.1, -0.05) is 13.0 Å². The van der Waals surface area contributed by atoms with Gasteiger partial charge >= 0.3 is 0 Å². The van der Waals surface area contributed by atoms with Gasteiger partial charge in [-0.3, -0.25) is 4.98 Å². The Labute approximate surface area is 88.2 Å². The van der Waals surface area contributed by atoms with Gasteiger partial charge in [-0.2, -0.15) is 5.10 Å².